The van der Waals surface area contributed by atoms with Gasteiger partial charge in [0.1, 0.15) is 12.4 Å². The second kappa shape index (κ2) is 10.6. The largest absolute Gasteiger partial charge is 0.485 e. The number of benzene rings is 3. The maximum absolute atomic E-state index is 12.4. The first kappa shape index (κ1) is 22.2. The normalized spacial score (nSPS) is 10.9. The van der Waals surface area contributed by atoms with Crippen molar-refractivity contribution in [3.05, 3.63) is 72.6 Å². The van der Waals surface area contributed by atoms with Gasteiger partial charge in [0.25, 0.3) is 0 Å². The first-order chi connectivity index (χ1) is 15.7. The van der Waals surface area contributed by atoms with Gasteiger partial charge < -0.3 is 14.6 Å². The summed E-state index contributed by atoms with van der Waals surface area (Å²) < 4.78 is 8.06. The van der Waals surface area contributed by atoms with Gasteiger partial charge in [0.2, 0.25) is 5.91 Å². The second-order valence-corrected chi connectivity index (χ2v) is 8.80. The van der Waals surface area contributed by atoms with Crippen LogP contribution >= 0.6 is 23.5 Å². The second-order valence-electron chi connectivity index (χ2n) is 6.98. The molecule has 1 aromatic heterocycles. The Labute approximate surface area is 195 Å². The first-order valence-corrected chi connectivity index (χ1v) is 12.5. The van der Waals surface area contributed by atoms with E-state index in [-0.39, 0.29) is 11.7 Å². The number of carbonyl (C=O) groups is 1. The molecule has 0 radical (unpaired) electrons. The van der Waals surface area contributed by atoms with Gasteiger partial charge in [-0.3, -0.25) is 4.79 Å². The van der Waals surface area contributed by atoms with E-state index in [2.05, 4.69) is 27.6 Å². The smallest absolute Gasteiger partial charge is 0.234 e. The van der Waals surface area contributed by atoms with E-state index in [1.165, 1.54) is 11.8 Å². The molecule has 4 aromatic rings. The molecule has 1 heterocycles. The molecule has 164 valence electrons. The number of aromatic nitrogens is 3. The summed E-state index contributed by atoms with van der Waals surface area (Å²) in [5.41, 5.74) is 0.795. The third kappa shape index (κ3) is 5.26. The van der Waals surface area contributed by atoms with Crippen LogP contribution in [0, 0.1) is 0 Å². The predicted molar refractivity (Wildman–Crippen MR) is 132 cm³/mol. The summed E-state index contributed by atoms with van der Waals surface area (Å²) in [6.07, 6.45) is 2.01. The highest BCUT2D eigenvalue weighted by Crippen LogP contribution is 2.26. The van der Waals surface area contributed by atoms with E-state index in [1.807, 2.05) is 72.3 Å². The van der Waals surface area contributed by atoms with Crippen molar-refractivity contribution in [2.24, 2.45) is 0 Å². The highest BCUT2D eigenvalue weighted by molar-refractivity contribution is 7.99. The number of thioether (sulfide) groups is 2. The quantitative estimate of drug-likeness (QED) is 0.331. The molecule has 1 N–H and O–H groups in total. The van der Waals surface area contributed by atoms with Crippen LogP contribution in [-0.2, 0) is 17.9 Å². The molecule has 0 aliphatic carbocycles. The summed E-state index contributed by atoms with van der Waals surface area (Å²) in [7, 11) is 0. The first-order valence-electron chi connectivity index (χ1n) is 10.3. The van der Waals surface area contributed by atoms with Crippen LogP contribution in [0.15, 0.2) is 76.8 Å². The molecule has 32 heavy (non-hydrogen) atoms. The van der Waals surface area contributed by atoms with Crippen molar-refractivity contribution in [1.29, 1.82) is 0 Å². The molecule has 3 aromatic carbocycles. The van der Waals surface area contributed by atoms with Crippen molar-refractivity contribution in [2.75, 3.05) is 17.3 Å². The average Bonchev–Trinajstić information content (AvgIpc) is 3.23. The van der Waals surface area contributed by atoms with Crippen LogP contribution in [0.4, 0.5) is 5.69 Å². The van der Waals surface area contributed by atoms with E-state index in [4.69, 9.17) is 4.74 Å². The van der Waals surface area contributed by atoms with Crippen LogP contribution in [0.1, 0.15) is 12.7 Å². The molecule has 0 fully saturated rings. The van der Waals surface area contributed by atoms with Gasteiger partial charge in [0, 0.05) is 22.5 Å². The summed E-state index contributed by atoms with van der Waals surface area (Å²) in [4.78, 5) is 13.5. The minimum Gasteiger partial charge on any atom is -0.485 e. The summed E-state index contributed by atoms with van der Waals surface area (Å²) in [6, 6.07) is 21.9. The number of ether oxygens (including phenoxy) is 1. The Hall–Kier alpha value is -2.97. The number of hydrogen-bond donors (Lipinski definition) is 1. The van der Waals surface area contributed by atoms with E-state index in [1.54, 1.807) is 11.8 Å². The Morgan fingerprint density at radius 3 is 2.72 bits per heavy atom. The lowest BCUT2D eigenvalue weighted by molar-refractivity contribution is -0.113. The summed E-state index contributed by atoms with van der Waals surface area (Å²) in [5, 5.41) is 14.4. The molecule has 0 unspecified atom stereocenters. The lowest BCUT2D eigenvalue weighted by atomic mass is 10.1. The topological polar surface area (TPSA) is 69.0 Å². The highest BCUT2D eigenvalue weighted by Gasteiger charge is 2.14. The number of anilines is 1. The molecule has 0 saturated carbocycles. The van der Waals surface area contributed by atoms with Crippen LogP contribution in [0.5, 0.6) is 5.75 Å². The van der Waals surface area contributed by atoms with E-state index in [0.29, 0.717) is 18.3 Å². The molecule has 0 atom stereocenters. The Morgan fingerprint density at radius 1 is 1.06 bits per heavy atom. The van der Waals surface area contributed by atoms with Gasteiger partial charge in [0.15, 0.2) is 11.0 Å². The van der Waals surface area contributed by atoms with Crippen molar-refractivity contribution < 1.29 is 9.53 Å². The summed E-state index contributed by atoms with van der Waals surface area (Å²) in [5.74, 6) is 1.73. The Morgan fingerprint density at radius 2 is 1.88 bits per heavy atom. The van der Waals surface area contributed by atoms with Crippen LogP contribution in [-0.4, -0.2) is 32.7 Å². The molecule has 1 amide bonds. The maximum Gasteiger partial charge on any atom is 0.234 e. The third-order valence-electron chi connectivity index (χ3n) is 4.90. The maximum atomic E-state index is 12.4. The molecule has 8 heteroatoms. The van der Waals surface area contributed by atoms with Gasteiger partial charge in [-0.1, -0.05) is 54.2 Å². The SMILES string of the molecule is CCn1c(COc2cccc3ccccc23)nnc1SCC(=O)Nc1cccc(SC)c1. The zero-order chi connectivity index (χ0) is 22.3. The van der Waals surface area contributed by atoms with Crippen LogP contribution in [0.2, 0.25) is 0 Å². The minimum absolute atomic E-state index is 0.0764. The lowest BCUT2D eigenvalue weighted by Crippen LogP contribution is -2.15. The fourth-order valence-electron chi connectivity index (χ4n) is 3.34. The number of carbonyl (C=O) groups excluding carboxylic acids is 1. The molecule has 0 spiro atoms. The van der Waals surface area contributed by atoms with Crippen LogP contribution < -0.4 is 10.1 Å². The fourth-order valence-corrected chi connectivity index (χ4v) is 4.62. The van der Waals surface area contributed by atoms with Crippen molar-refractivity contribution >= 4 is 45.9 Å². The van der Waals surface area contributed by atoms with Gasteiger partial charge in [-0.25, -0.2) is 0 Å². The number of rotatable bonds is 9. The Bertz CT molecular complexity index is 1220. The zero-order valence-electron chi connectivity index (χ0n) is 17.9. The number of hydrogen-bond acceptors (Lipinski definition) is 6. The van der Waals surface area contributed by atoms with Gasteiger partial charge in [-0.05, 0) is 42.8 Å². The standard InChI is InChI=1S/C24H24N4O2S2/c1-3-28-22(15-30-21-13-6-9-17-8-4-5-12-20(17)21)26-27-24(28)32-16-23(29)25-18-10-7-11-19(14-18)31-2/h4-14H,3,15-16H2,1-2H3,(H,25,29). The number of amides is 1. The van der Waals surface area contributed by atoms with Crippen molar-refractivity contribution in [2.45, 2.75) is 30.1 Å². The lowest BCUT2D eigenvalue weighted by Gasteiger charge is -2.11. The average molecular weight is 465 g/mol. The number of nitrogens with one attached hydrogen (secondary N) is 1. The van der Waals surface area contributed by atoms with Gasteiger partial charge >= 0.3 is 0 Å². The molecular weight excluding hydrogens is 440 g/mol. The number of nitrogens with zero attached hydrogens (tertiary/aromatic N) is 3. The van der Waals surface area contributed by atoms with Crippen LogP contribution in [0.25, 0.3) is 10.8 Å². The number of fused-ring (bicyclic) bond motifs is 1. The van der Waals surface area contributed by atoms with Crippen molar-refractivity contribution in [3.63, 3.8) is 0 Å². The van der Waals surface area contributed by atoms with E-state index in [0.717, 1.165) is 32.9 Å². The highest BCUT2D eigenvalue weighted by atomic mass is 32.2. The van der Waals surface area contributed by atoms with Gasteiger partial charge in [0.05, 0.1) is 5.75 Å². The molecule has 6 nitrogen and oxygen atoms in total. The zero-order valence-corrected chi connectivity index (χ0v) is 19.6. The molecule has 0 aliphatic heterocycles. The van der Waals surface area contributed by atoms with E-state index < -0.39 is 0 Å². The molecule has 4 rings (SSSR count). The Kier molecular flexibility index (Phi) is 7.34. The summed E-state index contributed by atoms with van der Waals surface area (Å²) >= 11 is 3.01. The summed E-state index contributed by atoms with van der Waals surface area (Å²) in [6.45, 7) is 3.03. The third-order valence-corrected chi connectivity index (χ3v) is 6.59. The fraction of sp³-hybridized carbons (Fsp3) is 0.208. The van der Waals surface area contributed by atoms with E-state index >= 15 is 0 Å². The van der Waals surface area contributed by atoms with Crippen LogP contribution in [0.3, 0.4) is 0 Å². The molecule has 0 saturated heterocycles. The minimum atomic E-state index is -0.0764. The molecular formula is C24H24N4O2S2. The van der Waals surface area contributed by atoms with Gasteiger partial charge in [-0.15, -0.1) is 22.0 Å². The monoisotopic (exact) mass is 464 g/mol. The van der Waals surface area contributed by atoms with E-state index in [9.17, 15) is 4.79 Å². The predicted octanol–water partition coefficient (Wildman–Crippen LogP) is 5.48. The molecule has 0 aliphatic rings. The van der Waals surface area contributed by atoms with Gasteiger partial charge in [-0.2, -0.15) is 0 Å². The van der Waals surface area contributed by atoms with Crippen molar-refractivity contribution in [3.8, 4) is 5.75 Å². The van der Waals surface area contributed by atoms with Crippen molar-refractivity contribution in [1.82, 2.24) is 14.8 Å². The Balaban J connectivity index is 1.38. The molecule has 0 bridgehead atoms.